The summed E-state index contributed by atoms with van der Waals surface area (Å²) in [7, 11) is 0. The number of fused-ring (bicyclic) bond motifs is 1. The van der Waals surface area contributed by atoms with Gasteiger partial charge in [-0.2, -0.15) is 17.1 Å². The maximum absolute atomic E-state index is 8.91. The number of hydrogen-bond donors (Lipinski definition) is 0. The van der Waals surface area contributed by atoms with Crippen LogP contribution >= 0.6 is 0 Å². The molecule has 1 aliphatic heterocycles. The zero-order chi connectivity index (χ0) is 9.97. The van der Waals surface area contributed by atoms with E-state index in [-0.39, 0.29) is 58.2 Å². The number of benzene rings is 1. The van der Waals surface area contributed by atoms with Crippen molar-refractivity contribution >= 4 is 0 Å². The fourth-order valence-corrected chi connectivity index (χ4v) is 1.52. The van der Waals surface area contributed by atoms with E-state index in [1.165, 1.54) is 0 Å². The third-order valence-corrected chi connectivity index (χ3v) is 2.20. The first-order valence-electron chi connectivity index (χ1n) is 4.31. The molecule has 0 saturated heterocycles. The molecule has 0 radical (unpaired) electrons. The Morgan fingerprint density at radius 3 is 2.73 bits per heavy atom. The average molecular weight is 269 g/mol. The molecule has 2 rings (SSSR count). The van der Waals surface area contributed by atoms with Gasteiger partial charge in [0.05, 0.1) is 5.56 Å². The molecule has 0 aliphatic carbocycles. The molecule has 0 N–H and O–H groups in total. The Bertz CT molecular complexity index is 457. The van der Waals surface area contributed by atoms with Crippen LogP contribution < -0.4 is 62.9 Å². The van der Waals surface area contributed by atoms with Gasteiger partial charge in [0.15, 0.2) is 0 Å². The van der Waals surface area contributed by atoms with Crippen LogP contribution in [0.15, 0.2) is 12.1 Å². The maximum Gasteiger partial charge on any atom is 1.00 e. The largest absolute Gasteiger partial charge is 1.00 e. The Kier molecular flexibility index (Phi) is 4.95. The molecule has 0 unspecified atom stereocenters. The van der Waals surface area contributed by atoms with E-state index in [0.717, 1.165) is 18.4 Å². The summed E-state index contributed by atoms with van der Waals surface area (Å²) in [5, 5.41) is 17.7. The van der Waals surface area contributed by atoms with E-state index in [2.05, 4.69) is 0 Å². The van der Waals surface area contributed by atoms with Crippen LogP contribution in [0.2, 0.25) is 0 Å². The van der Waals surface area contributed by atoms with Gasteiger partial charge in [-0.1, -0.05) is 6.07 Å². The predicted octanol–water partition coefficient (Wildman–Crippen LogP) is -1.08. The number of rotatable bonds is 0. The molecule has 0 bridgehead atoms. The first kappa shape index (κ1) is 12.9. The van der Waals surface area contributed by atoms with Gasteiger partial charge in [0.1, 0.15) is 23.5 Å². The molecule has 0 spiro atoms. The summed E-state index contributed by atoms with van der Waals surface area (Å²) in [6, 6.07) is 7.51. The van der Waals surface area contributed by atoms with E-state index in [0.29, 0.717) is 16.9 Å². The SMILES string of the molecule is N#Cc1ccc2c(c1C#N)O[CH-]CC2.[Rb+]. The summed E-state index contributed by atoms with van der Waals surface area (Å²) in [5.74, 6) is 0.554. The van der Waals surface area contributed by atoms with Crippen LogP contribution in [0.4, 0.5) is 0 Å². The zero-order valence-corrected chi connectivity index (χ0v) is 13.4. The second kappa shape index (κ2) is 5.77. The number of nitriles is 2. The Morgan fingerprint density at radius 1 is 1.27 bits per heavy atom. The van der Waals surface area contributed by atoms with E-state index in [1.807, 2.05) is 18.2 Å². The van der Waals surface area contributed by atoms with E-state index < -0.39 is 0 Å². The summed E-state index contributed by atoms with van der Waals surface area (Å²) in [4.78, 5) is 0. The van der Waals surface area contributed by atoms with Crippen LogP contribution in [-0.2, 0) is 6.42 Å². The van der Waals surface area contributed by atoms with Crippen LogP contribution in [0.3, 0.4) is 0 Å². The van der Waals surface area contributed by atoms with Crippen molar-refractivity contribution in [2.45, 2.75) is 12.8 Å². The van der Waals surface area contributed by atoms with Crippen molar-refractivity contribution in [3.05, 3.63) is 35.4 Å². The zero-order valence-electron chi connectivity index (χ0n) is 8.45. The normalized spacial score (nSPS) is 12.4. The standard InChI is InChI=1S/C11H7N2O.Rb/c12-6-9-4-3-8-2-1-5-14-11(8)10(9)7-13;/h3-5H,1-2H2;/q-1;+1. The summed E-state index contributed by atoms with van der Waals surface area (Å²) in [6.07, 6.45) is 1.72. The molecule has 0 saturated carbocycles. The summed E-state index contributed by atoms with van der Waals surface area (Å²) >= 11 is 0. The maximum atomic E-state index is 8.91. The third kappa shape index (κ3) is 2.49. The Hall–Kier alpha value is -0.195. The monoisotopic (exact) mass is 268 g/mol. The van der Waals surface area contributed by atoms with E-state index in [4.69, 9.17) is 15.3 Å². The fraction of sp³-hybridized carbons (Fsp3) is 0.182. The van der Waals surface area contributed by atoms with Crippen molar-refractivity contribution in [3.8, 4) is 17.9 Å². The first-order valence-corrected chi connectivity index (χ1v) is 4.31. The Labute approximate surface area is 137 Å². The van der Waals surface area contributed by atoms with Crippen molar-refractivity contribution in [2.75, 3.05) is 0 Å². The smallest absolute Gasteiger partial charge is 0.661 e. The molecule has 4 heteroatoms. The molecule has 68 valence electrons. The average Bonchev–Trinajstić information content (AvgIpc) is 2.27. The van der Waals surface area contributed by atoms with Crippen LogP contribution in [0.25, 0.3) is 0 Å². The molecule has 0 amide bonds. The van der Waals surface area contributed by atoms with Gasteiger partial charge in [-0.25, -0.2) is 0 Å². The molecular weight excluding hydrogens is 262 g/mol. The quantitative estimate of drug-likeness (QED) is 0.563. The van der Waals surface area contributed by atoms with Gasteiger partial charge in [0.25, 0.3) is 0 Å². The summed E-state index contributed by atoms with van der Waals surface area (Å²) < 4.78 is 5.29. The molecule has 1 aromatic carbocycles. The third-order valence-electron chi connectivity index (χ3n) is 2.20. The van der Waals surface area contributed by atoms with Crippen molar-refractivity contribution in [2.24, 2.45) is 0 Å². The van der Waals surface area contributed by atoms with Gasteiger partial charge < -0.3 is 4.74 Å². The fourth-order valence-electron chi connectivity index (χ4n) is 1.52. The summed E-state index contributed by atoms with van der Waals surface area (Å²) in [5.41, 5.74) is 1.73. The van der Waals surface area contributed by atoms with Crippen LogP contribution in [-0.4, -0.2) is 0 Å². The van der Waals surface area contributed by atoms with Crippen molar-refractivity contribution in [1.82, 2.24) is 0 Å². The summed E-state index contributed by atoms with van der Waals surface area (Å²) in [6.45, 7) is 1.67. The first-order chi connectivity index (χ1) is 6.86. The van der Waals surface area contributed by atoms with Crippen LogP contribution in [0.5, 0.6) is 5.75 Å². The molecule has 1 heterocycles. The van der Waals surface area contributed by atoms with Gasteiger partial charge in [-0.05, 0) is 18.1 Å². The minimum Gasteiger partial charge on any atom is -0.661 e. The van der Waals surface area contributed by atoms with E-state index in [9.17, 15) is 0 Å². The van der Waals surface area contributed by atoms with E-state index in [1.54, 1.807) is 12.7 Å². The molecule has 0 fully saturated rings. The number of ether oxygens (including phenoxy) is 1. The number of nitrogens with zero attached hydrogens (tertiary/aromatic N) is 2. The molecule has 15 heavy (non-hydrogen) atoms. The molecule has 1 aromatic rings. The van der Waals surface area contributed by atoms with Crippen molar-refractivity contribution in [1.29, 1.82) is 10.5 Å². The van der Waals surface area contributed by atoms with Crippen molar-refractivity contribution < 1.29 is 62.9 Å². The molecule has 1 aliphatic rings. The Balaban J connectivity index is 0.00000112. The van der Waals surface area contributed by atoms with Crippen molar-refractivity contribution in [3.63, 3.8) is 0 Å². The number of aryl methyl sites for hydroxylation is 1. The minimum atomic E-state index is 0. The molecule has 3 nitrogen and oxygen atoms in total. The van der Waals surface area contributed by atoms with Gasteiger partial charge >= 0.3 is 58.2 Å². The Morgan fingerprint density at radius 2 is 2.07 bits per heavy atom. The second-order valence-electron chi connectivity index (χ2n) is 3.02. The van der Waals surface area contributed by atoms with Gasteiger partial charge in [-0.15, -0.1) is 6.42 Å². The number of hydrogen-bond acceptors (Lipinski definition) is 3. The molecule has 0 aromatic heterocycles. The second-order valence-corrected chi connectivity index (χ2v) is 3.02. The van der Waals surface area contributed by atoms with Crippen LogP contribution in [0.1, 0.15) is 23.1 Å². The van der Waals surface area contributed by atoms with Gasteiger partial charge in [0.2, 0.25) is 0 Å². The van der Waals surface area contributed by atoms with Gasteiger partial charge in [0, 0.05) is 0 Å². The minimum absolute atomic E-state index is 0. The van der Waals surface area contributed by atoms with Gasteiger partial charge in [-0.3, -0.25) is 0 Å². The topological polar surface area (TPSA) is 56.8 Å². The predicted molar refractivity (Wildman–Crippen MR) is 49.1 cm³/mol. The van der Waals surface area contributed by atoms with E-state index >= 15 is 0 Å². The molecule has 0 atom stereocenters. The molecular formula is C11H7N2ORb. The van der Waals surface area contributed by atoms with Crippen LogP contribution in [0, 0.1) is 29.3 Å².